The molecule has 20 heavy (non-hydrogen) atoms. The van der Waals surface area contributed by atoms with Crippen LogP contribution in [0.15, 0.2) is 16.6 Å². The Labute approximate surface area is 137 Å². The molecule has 2 rings (SSSR count). The molecule has 0 radical (unpaired) electrons. The second-order valence-electron chi connectivity index (χ2n) is 5.12. The Hall–Kier alpha value is -0.290. The third-order valence-corrected chi connectivity index (χ3v) is 4.86. The van der Waals surface area contributed by atoms with Gasteiger partial charge in [0.15, 0.2) is 0 Å². The molecule has 1 aromatic carbocycles. The van der Waals surface area contributed by atoms with E-state index in [4.69, 9.17) is 28.9 Å². The minimum Gasteiger partial charge on any atom is -0.330 e. The number of halogens is 3. The minimum absolute atomic E-state index is 0.0359. The highest BCUT2D eigenvalue weighted by atomic mass is 79.9. The molecule has 3 N–H and O–H groups in total. The van der Waals surface area contributed by atoms with Gasteiger partial charge in [0.2, 0.25) is 5.91 Å². The summed E-state index contributed by atoms with van der Waals surface area (Å²) in [7, 11) is 0. The second-order valence-corrected chi connectivity index (χ2v) is 6.85. The van der Waals surface area contributed by atoms with E-state index in [-0.39, 0.29) is 17.7 Å². The summed E-state index contributed by atoms with van der Waals surface area (Å²) in [6.45, 7) is 0.542. The lowest BCUT2D eigenvalue weighted by Crippen LogP contribution is -2.35. The third kappa shape index (κ3) is 3.67. The Bertz CT molecular complexity index is 487. The van der Waals surface area contributed by atoms with E-state index in [0.717, 1.165) is 30.2 Å². The summed E-state index contributed by atoms with van der Waals surface area (Å²) in [5, 5.41) is 3.72. The predicted octanol–water partition coefficient (Wildman–Crippen LogP) is 4.46. The maximum absolute atomic E-state index is 12.4. The van der Waals surface area contributed by atoms with Crippen LogP contribution in [0.2, 0.25) is 10.0 Å². The van der Waals surface area contributed by atoms with Crippen molar-refractivity contribution in [3.63, 3.8) is 0 Å². The topological polar surface area (TPSA) is 55.1 Å². The molecule has 6 heteroatoms. The summed E-state index contributed by atoms with van der Waals surface area (Å²) in [4.78, 5) is 12.4. The zero-order valence-electron chi connectivity index (χ0n) is 11.0. The smallest absolute Gasteiger partial charge is 0.227 e. The summed E-state index contributed by atoms with van der Waals surface area (Å²) >= 11 is 15.6. The van der Waals surface area contributed by atoms with E-state index in [2.05, 4.69) is 21.2 Å². The molecule has 110 valence electrons. The largest absolute Gasteiger partial charge is 0.330 e. The van der Waals surface area contributed by atoms with Crippen LogP contribution >= 0.6 is 39.1 Å². The fraction of sp³-hybridized carbons (Fsp3) is 0.500. The normalized spacial score (nSPS) is 22.6. The molecule has 0 aromatic heterocycles. The molecule has 1 aliphatic carbocycles. The van der Waals surface area contributed by atoms with Crippen molar-refractivity contribution >= 4 is 50.7 Å². The van der Waals surface area contributed by atoms with Gasteiger partial charge in [-0.15, -0.1) is 0 Å². The molecule has 0 bridgehead atoms. The third-order valence-electron chi connectivity index (χ3n) is 3.80. The van der Waals surface area contributed by atoms with Gasteiger partial charge in [0.05, 0.1) is 15.7 Å². The van der Waals surface area contributed by atoms with Crippen LogP contribution in [0, 0.1) is 11.8 Å². The van der Waals surface area contributed by atoms with Crippen molar-refractivity contribution in [1.82, 2.24) is 0 Å². The molecule has 0 aliphatic heterocycles. The summed E-state index contributed by atoms with van der Waals surface area (Å²) in [5.74, 6) is 0.160. The molecule has 0 saturated heterocycles. The molecule has 0 spiro atoms. The Morgan fingerprint density at radius 2 is 1.90 bits per heavy atom. The minimum atomic E-state index is -0.0514. The second kappa shape index (κ2) is 7.12. The van der Waals surface area contributed by atoms with Gasteiger partial charge in [-0.05, 0) is 37.4 Å². The first-order valence-electron chi connectivity index (χ1n) is 6.68. The maximum Gasteiger partial charge on any atom is 0.227 e. The predicted molar refractivity (Wildman–Crippen MR) is 87.3 cm³/mol. The first kappa shape index (κ1) is 16.1. The van der Waals surface area contributed by atoms with Crippen LogP contribution in [0.1, 0.15) is 25.7 Å². The fourth-order valence-electron chi connectivity index (χ4n) is 2.71. The van der Waals surface area contributed by atoms with Gasteiger partial charge in [-0.25, -0.2) is 0 Å². The van der Waals surface area contributed by atoms with E-state index in [1.807, 2.05) is 0 Å². The van der Waals surface area contributed by atoms with Gasteiger partial charge in [0, 0.05) is 10.4 Å². The number of nitrogens with two attached hydrogens (primary N) is 1. The molecule has 1 fully saturated rings. The maximum atomic E-state index is 12.4. The summed E-state index contributed by atoms with van der Waals surface area (Å²) in [5.41, 5.74) is 6.24. The van der Waals surface area contributed by atoms with Crippen molar-refractivity contribution in [3.05, 3.63) is 26.7 Å². The van der Waals surface area contributed by atoms with Crippen molar-refractivity contribution in [2.75, 3.05) is 11.9 Å². The van der Waals surface area contributed by atoms with Gasteiger partial charge in [-0.2, -0.15) is 0 Å². The number of carbonyl (C=O) groups is 1. The Balaban J connectivity index is 2.15. The zero-order chi connectivity index (χ0) is 14.7. The van der Waals surface area contributed by atoms with Crippen molar-refractivity contribution < 1.29 is 4.79 Å². The van der Waals surface area contributed by atoms with Gasteiger partial charge in [0.1, 0.15) is 0 Å². The molecular formula is C14H17BrCl2N2O. The summed E-state index contributed by atoms with van der Waals surface area (Å²) in [6.07, 6.45) is 4.09. The first-order valence-corrected chi connectivity index (χ1v) is 8.23. The van der Waals surface area contributed by atoms with Crippen molar-refractivity contribution in [2.24, 2.45) is 17.6 Å². The number of anilines is 1. The molecule has 2 unspecified atom stereocenters. The lowest BCUT2D eigenvalue weighted by molar-refractivity contribution is -0.122. The molecule has 3 nitrogen and oxygen atoms in total. The lowest BCUT2D eigenvalue weighted by atomic mass is 9.78. The number of hydrogen-bond donors (Lipinski definition) is 2. The number of carbonyl (C=O) groups excluding carboxylic acids is 1. The Morgan fingerprint density at radius 3 is 2.50 bits per heavy atom. The van der Waals surface area contributed by atoms with Gasteiger partial charge in [-0.3, -0.25) is 4.79 Å². The van der Waals surface area contributed by atoms with E-state index in [1.165, 1.54) is 0 Å². The fourth-order valence-corrected chi connectivity index (χ4v) is 4.02. The highest BCUT2D eigenvalue weighted by Crippen LogP contribution is 2.36. The van der Waals surface area contributed by atoms with Gasteiger partial charge >= 0.3 is 0 Å². The number of amides is 1. The van der Waals surface area contributed by atoms with Crippen molar-refractivity contribution in [3.8, 4) is 0 Å². The van der Waals surface area contributed by atoms with Crippen LogP contribution in [-0.2, 0) is 4.79 Å². The molecular weight excluding hydrogens is 363 g/mol. The van der Waals surface area contributed by atoms with E-state index in [0.29, 0.717) is 22.3 Å². The average Bonchev–Trinajstić information content (AvgIpc) is 2.42. The van der Waals surface area contributed by atoms with Crippen LogP contribution in [0.5, 0.6) is 0 Å². The van der Waals surface area contributed by atoms with Gasteiger partial charge in [-0.1, -0.05) is 52.0 Å². The molecule has 1 aliphatic rings. The molecule has 1 saturated carbocycles. The van der Waals surface area contributed by atoms with Crippen LogP contribution in [0.4, 0.5) is 5.69 Å². The van der Waals surface area contributed by atoms with Gasteiger partial charge < -0.3 is 11.1 Å². The average molecular weight is 380 g/mol. The van der Waals surface area contributed by atoms with Gasteiger partial charge in [0.25, 0.3) is 0 Å². The number of rotatable bonds is 3. The first-order chi connectivity index (χ1) is 9.52. The lowest BCUT2D eigenvalue weighted by Gasteiger charge is -2.29. The SMILES string of the molecule is NCC1CCCCC1C(=O)Nc1c(Cl)cc(Br)cc1Cl. The summed E-state index contributed by atoms with van der Waals surface area (Å²) < 4.78 is 0.781. The van der Waals surface area contributed by atoms with Crippen molar-refractivity contribution in [1.29, 1.82) is 0 Å². The van der Waals surface area contributed by atoms with Crippen molar-refractivity contribution in [2.45, 2.75) is 25.7 Å². The van der Waals surface area contributed by atoms with Crippen LogP contribution in [0.25, 0.3) is 0 Å². The number of hydrogen-bond acceptors (Lipinski definition) is 2. The molecule has 1 aromatic rings. The monoisotopic (exact) mass is 378 g/mol. The zero-order valence-corrected chi connectivity index (χ0v) is 14.1. The van der Waals surface area contributed by atoms with E-state index in [1.54, 1.807) is 12.1 Å². The Kier molecular flexibility index (Phi) is 5.73. The molecule has 0 heterocycles. The summed E-state index contributed by atoms with van der Waals surface area (Å²) in [6, 6.07) is 3.43. The Morgan fingerprint density at radius 1 is 1.30 bits per heavy atom. The van der Waals surface area contributed by atoms with Crippen LogP contribution in [-0.4, -0.2) is 12.5 Å². The molecule has 1 amide bonds. The van der Waals surface area contributed by atoms with Crippen LogP contribution < -0.4 is 11.1 Å². The quantitative estimate of drug-likeness (QED) is 0.814. The van der Waals surface area contributed by atoms with E-state index in [9.17, 15) is 4.79 Å². The van der Waals surface area contributed by atoms with E-state index >= 15 is 0 Å². The highest BCUT2D eigenvalue weighted by molar-refractivity contribution is 9.10. The van der Waals surface area contributed by atoms with Crippen LogP contribution in [0.3, 0.4) is 0 Å². The molecule has 2 atom stereocenters. The van der Waals surface area contributed by atoms with E-state index < -0.39 is 0 Å². The highest BCUT2D eigenvalue weighted by Gasteiger charge is 2.30. The number of benzene rings is 1. The number of nitrogens with one attached hydrogen (secondary N) is 1. The standard InChI is InChI=1S/C14H17BrCl2N2O/c15-9-5-11(16)13(12(17)6-9)19-14(20)10-4-2-1-3-8(10)7-18/h5-6,8,10H,1-4,7,18H2,(H,19,20).